The number of unbranched alkanes of at least 4 members (excludes halogenated alkanes) is 2. The van der Waals surface area contributed by atoms with Gasteiger partial charge in [0, 0.05) is 17.4 Å². The number of aldehydes is 1. The molecule has 178 valence electrons. The lowest BCUT2D eigenvalue weighted by Gasteiger charge is -2.09. The van der Waals surface area contributed by atoms with Crippen molar-refractivity contribution in [3.63, 3.8) is 0 Å². The third-order valence-electron chi connectivity index (χ3n) is 4.60. The van der Waals surface area contributed by atoms with Crippen molar-refractivity contribution in [1.29, 1.82) is 0 Å². The molecule has 0 radical (unpaired) electrons. The summed E-state index contributed by atoms with van der Waals surface area (Å²) in [6.45, 7) is -0.215. The summed E-state index contributed by atoms with van der Waals surface area (Å²) in [4.78, 5) is 36.6. The molecule has 2 aromatic rings. The van der Waals surface area contributed by atoms with E-state index in [1.165, 1.54) is 38.2 Å². The number of methoxy groups -OCH3 is 1. The van der Waals surface area contributed by atoms with Gasteiger partial charge in [0.15, 0.2) is 0 Å². The highest BCUT2D eigenvalue weighted by Crippen LogP contribution is 2.39. The van der Waals surface area contributed by atoms with Crippen LogP contribution < -0.4 is 9.47 Å². The van der Waals surface area contributed by atoms with Gasteiger partial charge in [0.25, 0.3) is 5.09 Å². The Labute approximate surface area is 200 Å². The molecular formula is C23H27NO7S2. The van der Waals surface area contributed by atoms with Gasteiger partial charge < -0.3 is 19.1 Å². The van der Waals surface area contributed by atoms with Gasteiger partial charge in [-0.3, -0.25) is 0 Å². The molecule has 1 saturated heterocycles. The number of esters is 1. The first-order valence-corrected chi connectivity index (χ1v) is 12.8. The number of carbonyl (C=O) groups excluding carboxylic acids is 2. The van der Waals surface area contributed by atoms with Crippen LogP contribution in [0.3, 0.4) is 0 Å². The average Bonchev–Trinajstić information content (AvgIpc) is 3.35. The zero-order chi connectivity index (χ0) is 23.9. The minimum atomic E-state index is -0.881. The number of nitrogens with zero attached hydrogens (tertiary/aromatic N) is 1. The second-order valence-electron chi connectivity index (χ2n) is 7.01. The summed E-state index contributed by atoms with van der Waals surface area (Å²) in [7, 11) is 5.48. The van der Waals surface area contributed by atoms with Crippen molar-refractivity contribution in [3.05, 3.63) is 69.8 Å². The van der Waals surface area contributed by atoms with E-state index in [4.69, 9.17) is 9.47 Å². The van der Waals surface area contributed by atoms with Crippen LogP contribution >= 0.6 is 21.6 Å². The summed E-state index contributed by atoms with van der Waals surface area (Å²) in [5.74, 6) is 1.41. The Bertz CT molecular complexity index is 904. The number of ether oxygens (including phenoxy) is 2. The van der Waals surface area contributed by atoms with E-state index in [0.29, 0.717) is 11.3 Å². The summed E-state index contributed by atoms with van der Waals surface area (Å²) in [5.41, 5.74) is 0.805. The molecular weight excluding hydrogens is 466 g/mol. The van der Waals surface area contributed by atoms with Gasteiger partial charge in [-0.25, -0.2) is 4.79 Å². The van der Waals surface area contributed by atoms with Crippen LogP contribution in [0.4, 0.5) is 0 Å². The van der Waals surface area contributed by atoms with Crippen LogP contribution in [-0.4, -0.2) is 35.5 Å². The summed E-state index contributed by atoms with van der Waals surface area (Å²) in [5, 5.41) is 10.2. The molecule has 0 aliphatic carbocycles. The molecule has 8 nitrogen and oxygen atoms in total. The third-order valence-corrected chi connectivity index (χ3v) is 7.60. The molecule has 1 unspecified atom stereocenters. The molecule has 33 heavy (non-hydrogen) atoms. The second-order valence-corrected chi connectivity index (χ2v) is 9.80. The standard InChI is InChI=1S/C15H13NO6.C8H14OS2/c1-20-14-8-3-2-7-13(14)15(17)22-12-6-4-5-11(9-12)10-21-16(18)19;9-6-3-1-2-4-8-5-7-10-11-8/h2-9H,10H2,1H3;6,8H,1-5,7H2. The number of hydrogen-bond donors (Lipinski definition) is 0. The Morgan fingerprint density at radius 3 is 2.73 bits per heavy atom. The van der Waals surface area contributed by atoms with Crippen molar-refractivity contribution in [2.75, 3.05) is 12.9 Å². The molecule has 3 rings (SSSR count). The van der Waals surface area contributed by atoms with Crippen LogP contribution in [0.2, 0.25) is 0 Å². The first kappa shape index (κ1) is 26.5. The van der Waals surface area contributed by atoms with Crippen LogP contribution in [0, 0.1) is 10.1 Å². The molecule has 0 N–H and O–H groups in total. The largest absolute Gasteiger partial charge is 0.496 e. The van der Waals surface area contributed by atoms with E-state index < -0.39 is 11.1 Å². The van der Waals surface area contributed by atoms with Gasteiger partial charge in [-0.05, 0) is 49.1 Å². The Kier molecular flexibility index (Phi) is 12.2. The van der Waals surface area contributed by atoms with E-state index in [-0.39, 0.29) is 17.9 Å². The van der Waals surface area contributed by atoms with Gasteiger partial charge in [0.1, 0.15) is 30.0 Å². The molecule has 0 bridgehead atoms. The van der Waals surface area contributed by atoms with Gasteiger partial charge in [0.05, 0.1) is 7.11 Å². The van der Waals surface area contributed by atoms with Crippen molar-refractivity contribution in [2.24, 2.45) is 0 Å². The molecule has 1 aliphatic rings. The fraction of sp³-hybridized carbons (Fsp3) is 0.391. The minimum Gasteiger partial charge on any atom is -0.496 e. The van der Waals surface area contributed by atoms with Crippen LogP contribution in [0.25, 0.3) is 0 Å². The van der Waals surface area contributed by atoms with E-state index in [0.717, 1.165) is 24.4 Å². The van der Waals surface area contributed by atoms with Crippen LogP contribution in [0.15, 0.2) is 48.5 Å². The first-order valence-electron chi connectivity index (χ1n) is 10.5. The molecule has 0 aromatic heterocycles. The quantitative estimate of drug-likeness (QED) is 0.0760. The lowest BCUT2D eigenvalue weighted by Crippen LogP contribution is -2.10. The predicted molar refractivity (Wildman–Crippen MR) is 129 cm³/mol. The van der Waals surface area contributed by atoms with Gasteiger partial charge in [-0.2, -0.15) is 0 Å². The molecule has 0 spiro atoms. The molecule has 2 aromatic carbocycles. The maximum atomic E-state index is 12.1. The smallest absolute Gasteiger partial charge is 0.347 e. The molecule has 0 saturated carbocycles. The molecule has 1 aliphatic heterocycles. The number of para-hydroxylation sites is 1. The average molecular weight is 494 g/mol. The van der Waals surface area contributed by atoms with Gasteiger partial charge in [-0.1, -0.05) is 52.3 Å². The number of rotatable bonds is 11. The topological polar surface area (TPSA) is 105 Å². The van der Waals surface area contributed by atoms with Gasteiger partial charge >= 0.3 is 5.97 Å². The fourth-order valence-corrected chi connectivity index (χ4v) is 5.99. The molecule has 10 heteroatoms. The van der Waals surface area contributed by atoms with E-state index in [9.17, 15) is 19.7 Å². The lowest BCUT2D eigenvalue weighted by molar-refractivity contribution is -0.763. The molecule has 0 amide bonds. The monoisotopic (exact) mass is 493 g/mol. The number of carbonyl (C=O) groups is 2. The molecule has 1 atom stereocenters. The lowest BCUT2D eigenvalue weighted by atomic mass is 10.1. The van der Waals surface area contributed by atoms with Crippen LogP contribution in [0.1, 0.15) is 48.0 Å². The van der Waals surface area contributed by atoms with Gasteiger partial charge in [-0.15, -0.1) is 10.1 Å². The van der Waals surface area contributed by atoms with Crippen molar-refractivity contribution < 1.29 is 29.0 Å². The normalized spacial score (nSPS) is 14.5. The maximum Gasteiger partial charge on any atom is 0.347 e. The highest BCUT2D eigenvalue weighted by atomic mass is 33.1. The number of benzene rings is 2. The molecule has 1 heterocycles. The van der Waals surface area contributed by atoms with Crippen molar-refractivity contribution in [1.82, 2.24) is 0 Å². The Morgan fingerprint density at radius 2 is 2.03 bits per heavy atom. The zero-order valence-corrected chi connectivity index (χ0v) is 20.0. The SMILES string of the molecule is COc1ccccc1C(=O)Oc1cccc(CO[N+](=O)[O-])c1.O=CCCCCC1CCSS1. The van der Waals surface area contributed by atoms with E-state index in [1.807, 2.05) is 21.6 Å². The summed E-state index contributed by atoms with van der Waals surface area (Å²) in [6.07, 6.45) is 6.78. The van der Waals surface area contributed by atoms with Crippen molar-refractivity contribution >= 4 is 33.8 Å². The zero-order valence-electron chi connectivity index (χ0n) is 18.3. The first-order chi connectivity index (χ1) is 16.0. The third kappa shape index (κ3) is 10.2. The highest BCUT2D eigenvalue weighted by molar-refractivity contribution is 8.77. The van der Waals surface area contributed by atoms with Gasteiger partial charge in [0.2, 0.25) is 0 Å². The van der Waals surface area contributed by atoms with Crippen molar-refractivity contribution in [3.8, 4) is 11.5 Å². The summed E-state index contributed by atoms with van der Waals surface area (Å²) in [6, 6.07) is 13.0. The minimum absolute atomic E-state index is 0.215. The highest BCUT2D eigenvalue weighted by Gasteiger charge is 2.15. The summed E-state index contributed by atoms with van der Waals surface area (Å²) < 4.78 is 10.3. The Hall–Kier alpha value is -2.72. The number of hydrogen-bond acceptors (Lipinski definition) is 9. The maximum absolute atomic E-state index is 12.1. The molecule has 1 fully saturated rings. The van der Waals surface area contributed by atoms with Crippen LogP contribution in [-0.2, 0) is 16.2 Å². The van der Waals surface area contributed by atoms with Crippen LogP contribution in [0.5, 0.6) is 11.5 Å². The van der Waals surface area contributed by atoms with E-state index in [1.54, 1.807) is 42.5 Å². The fourth-order valence-electron chi connectivity index (χ4n) is 2.97. The van der Waals surface area contributed by atoms with Crippen molar-refractivity contribution in [2.45, 2.75) is 44.0 Å². The Morgan fingerprint density at radius 1 is 1.21 bits per heavy atom. The van der Waals surface area contributed by atoms with E-state index in [2.05, 4.69) is 4.84 Å². The predicted octanol–water partition coefficient (Wildman–Crippen LogP) is 5.52. The summed E-state index contributed by atoms with van der Waals surface area (Å²) >= 11 is 0. The Balaban J connectivity index is 0.000000294. The van der Waals surface area contributed by atoms with E-state index >= 15 is 0 Å². The second kappa shape index (κ2) is 15.2.